The molecule has 90 valence electrons. The molecule has 3 heterocycles. The largest absolute Gasteiger partial charge is 0.368 e. The van der Waals surface area contributed by atoms with E-state index in [-0.39, 0.29) is 12.0 Å². The van der Waals surface area contributed by atoms with Gasteiger partial charge in [0, 0.05) is 11.9 Å². The maximum Gasteiger partial charge on any atom is 0.222 e. The lowest BCUT2D eigenvalue weighted by Crippen LogP contribution is -2.31. The fraction of sp³-hybridized carbons (Fsp3) is 0.182. The quantitative estimate of drug-likeness (QED) is 0.852. The second-order valence-corrected chi connectivity index (χ2v) is 4.68. The van der Waals surface area contributed by atoms with E-state index in [0.717, 1.165) is 16.5 Å². The lowest BCUT2D eigenvalue weighted by molar-refractivity contribution is 1.14. The Bertz CT molecular complexity index is 574. The Morgan fingerprint density at radius 3 is 3.06 bits per heavy atom. The molecule has 2 aliphatic rings. The van der Waals surface area contributed by atoms with Gasteiger partial charge in [0.15, 0.2) is 11.9 Å². The highest BCUT2D eigenvalue weighted by Gasteiger charge is 2.28. The molecule has 0 saturated heterocycles. The Labute approximate surface area is 108 Å². The first-order chi connectivity index (χ1) is 8.83. The minimum atomic E-state index is -0.189. The number of pyridine rings is 1. The predicted octanol–water partition coefficient (Wildman–Crippen LogP) is 0.851. The van der Waals surface area contributed by atoms with Crippen molar-refractivity contribution in [2.75, 3.05) is 0 Å². The van der Waals surface area contributed by atoms with Crippen LogP contribution in [0.2, 0.25) is 0 Å². The zero-order valence-electron chi connectivity index (χ0n) is 9.39. The number of hydrogen-bond acceptors (Lipinski definition) is 7. The number of nitrogens with two attached hydrogens (primary N) is 1. The molecule has 7 heteroatoms. The van der Waals surface area contributed by atoms with Crippen molar-refractivity contribution in [1.29, 1.82) is 0 Å². The monoisotopic (exact) mass is 258 g/mol. The van der Waals surface area contributed by atoms with Crippen LogP contribution < -0.4 is 5.73 Å². The van der Waals surface area contributed by atoms with Crippen LogP contribution in [-0.2, 0) is 5.75 Å². The molecule has 6 nitrogen and oxygen atoms in total. The summed E-state index contributed by atoms with van der Waals surface area (Å²) in [5.41, 5.74) is 6.64. The number of aromatic nitrogens is 1. The van der Waals surface area contributed by atoms with Gasteiger partial charge in [-0.05, 0) is 12.1 Å². The molecular formula is C11H10N6S. The average Bonchev–Trinajstić information content (AvgIpc) is 2.85. The van der Waals surface area contributed by atoms with Gasteiger partial charge in [-0.1, -0.05) is 6.07 Å². The second kappa shape index (κ2) is 4.69. The van der Waals surface area contributed by atoms with Crippen LogP contribution in [0, 0.1) is 0 Å². The molecule has 1 unspecified atom stereocenters. The molecule has 1 aromatic rings. The molecule has 0 fully saturated rings. The van der Waals surface area contributed by atoms with Crippen LogP contribution in [0.3, 0.4) is 0 Å². The summed E-state index contributed by atoms with van der Waals surface area (Å²) in [7, 11) is 0. The van der Waals surface area contributed by atoms with Crippen molar-refractivity contribution in [2.24, 2.45) is 25.7 Å². The number of rotatable bonds is 2. The molecule has 1 atom stereocenters. The van der Waals surface area contributed by atoms with Gasteiger partial charge in [0.25, 0.3) is 0 Å². The van der Waals surface area contributed by atoms with Gasteiger partial charge in [0.2, 0.25) is 5.96 Å². The van der Waals surface area contributed by atoms with Crippen molar-refractivity contribution in [3.63, 3.8) is 0 Å². The van der Waals surface area contributed by atoms with Crippen molar-refractivity contribution in [1.82, 2.24) is 4.98 Å². The van der Waals surface area contributed by atoms with Gasteiger partial charge in [-0.2, -0.15) is 4.99 Å². The number of hydrogen-bond donors (Lipinski definition) is 1. The highest BCUT2D eigenvalue weighted by Crippen LogP contribution is 2.21. The molecule has 0 aliphatic carbocycles. The summed E-state index contributed by atoms with van der Waals surface area (Å²) < 4.78 is 0. The number of thioether (sulfide) groups is 1. The third kappa shape index (κ3) is 2.17. The number of fused-ring (bicyclic) bond motifs is 1. The van der Waals surface area contributed by atoms with E-state index in [2.05, 4.69) is 25.0 Å². The Morgan fingerprint density at radius 2 is 2.22 bits per heavy atom. The predicted molar refractivity (Wildman–Crippen MR) is 74.3 cm³/mol. The van der Waals surface area contributed by atoms with Gasteiger partial charge < -0.3 is 5.73 Å². The maximum atomic E-state index is 5.65. The molecule has 0 aromatic carbocycles. The zero-order valence-corrected chi connectivity index (χ0v) is 10.2. The minimum absolute atomic E-state index is 0.189. The summed E-state index contributed by atoms with van der Waals surface area (Å²) in [6, 6.07) is 5.64. The molecule has 1 aromatic heterocycles. The summed E-state index contributed by atoms with van der Waals surface area (Å²) in [6.07, 6.45) is 3.27. The van der Waals surface area contributed by atoms with Crippen molar-refractivity contribution >= 4 is 34.9 Å². The Balaban J connectivity index is 1.75. The molecule has 18 heavy (non-hydrogen) atoms. The van der Waals surface area contributed by atoms with E-state index >= 15 is 0 Å². The van der Waals surface area contributed by atoms with Gasteiger partial charge in [0.1, 0.15) is 11.4 Å². The SMILES string of the molecule is NC1=NC2=NC=NC2C(SCc2ccccn2)=N1. The van der Waals surface area contributed by atoms with Gasteiger partial charge >= 0.3 is 0 Å². The lowest BCUT2D eigenvalue weighted by Gasteiger charge is -2.15. The van der Waals surface area contributed by atoms with Crippen LogP contribution in [0.5, 0.6) is 0 Å². The van der Waals surface area contributed by atoms with Crippen LogP contribution in [0.15, 0.2) is 44.4 Å². The third-order valence-electron chi connectivity index (χ3n) is 2.43. The highest BCUT2D eigenvalue weighted by atomic mass is 32.2. The molecule has 0 spiro atoms. The van der Waals surface area contributed by atoms with E-state index in [1.165, 1.54) is 6.34 Å². The van der Waals surface area contributed by atoms with Gasteiger partial charge in [-0.15, -0.1) is 11.8 Å². The first kappa shape index (κ1) is 11.1. The van der Waals surface area contributed by atoms with Crippen molar-refractivity contribution < 1.29 is 0 Å². The lowest BCUT2D eigenvalue weighted by atomic mass is 10.3. The molecule has 2 N–H and O–H groups in total. The Kier molecular flexibility index (Phi) is 2.89. The van der Waals surface area contributed by atoms with Crippen molar-refractivity contribution in [3.8, 4) is 0 Å². The first-order valence-corrected chi connectivity index (χ1v) is 6.36. The first-order valence-electron chi connectivity index (χ1n) is 5.38. The highest BCUT2D eigenvalue weighted by molar-refractivity contribution is 8.13. The molecular weight excluding hydrogens is 248 g/mol. The summed E-state index contributed by atoms with van der Waals surface area (Å²) in [5.74, 6) is 1.58. The Morgan fingerprint density at radius 1 is 1.28 bits per heavy atom. The van der Waals surface area contributed by atoms with Crippen LogP contribution in [0.4, 0.5) is 0 Å². The summed E-state index contributed by atoms with van der Waals surface area (Å²) >= 11 is 1.56. The van der Waals surface area contributed by atoms with Crippen LogP contribution >= 0.6 is 11.8 Å². The van der Waals surface area contributed by atoms with E-state index in [4.69, 9.17) is 5.73 Å². The summed E-state index contributed by atoms with van der Waals surface area (Å²) in [5, 5.41) is 0.820. The minimum Gasteiger partial charge on any atom is -0.368 e. The van der Waals surface area contributed by atoms with Crippen LogP contribution in [0.1, 0.15) is 5.69 Å². The van der Waals surface area contributed by atoms with Crippen LogP contribution in [-0.4, -0.2) is 34.2 Å². The topological polar surface area (TPSA) is 88.3 Å². The second-order valence-electron chi connectivity index (χ2n) is 3.68. The van der Waals surface area contributed by atoms with Gasteiger partial charge in [-0.25, -0.2) is 9.98 Å². The molecule has 0 saturated carbocycles. The Hall–Kier alpha value is -2.02. The number of aliphatic imine (C=N–C) groups is 4. The normalized spacial score (nSPS) is 21.1. The molecule has 0 radical (unpaired) electrons. The van der Waals surface area contributed by atoms with E-state index in [1.807, 2.05) is 18.2 Å². The summed E-state index contributed by atoms with van der Waals surface area (Å²) in [6.45, 7) is 0. The number of amidine groups is 1. The van der Waals surface area contributed by atoms with E-state index < -0.39 is 0 Å². The van der Waals surface area contributed by atoms with E-state index in [0.29, 0.717) is 5.84 Å². The van der Waals surface area contributed by atoms with Crippen molar-refractivity contribution in [3.05, 3.63) is 30.1 Å². The smallest absolute Gasteiger partial charge is 0.222 e. The average molecular weight is 258 g/mol. The summed E-state index contributed by atoms with van der Waals surface area (Å²) in [4.78, 5) is 20.8. The van der Waals surface area contributed by atoms with E-state index in [9.17, 15) is 0 Å². The number of nitrogens with zero attached hydrogens (tertiary/aromatic N) is 5. The van der Waals surface area contributed by atoms with Crippen molar-refractivity contribution in [2.45, 2.75) is 11.8 Å². The third-order valence-corrected chi connectivity index (χ3v) is 3.48. The molecule has 0 amide bonds. The fourth-order valence-electron chi connectivity index (χ4n) is 1.62. The van der Waals surface area contributed by atoms with Gasteiger partial charge in [0.05, 0.1) is 5.69 Å². The molecule has 2 aliphatic heterocycles. The van der Waals surface area contributed by atoms with E-state index in [1.54, 1.807) is 18.0 Å². The standard InChI is InChI=1S/C11H10N6S/c12-11-16-9-8(14-6-15-9)10(17-11)18-5-7-3-1-2-4-13-7/h1-4,6,8H,5H2,(H2,12,14,15,16). The zero-order chi connectivity index (χ0) is 12.4. The van der Waals surface area contributed by atoms with Gasteiger partial charge in [-0.3, -0.25) is 9.98 Å². The maximum absolute atomic E-state index is 5.65. The van der Waals surface area contributed by atoms with Crippen LogP contribution in [0.25, 0.3) is 0 Å². The molecule has 0 bridgehead atoms. The molecule has 3 rings (SSSR count). The fourth-order valence-corrected chi connectivity index (χ4v) is 2.57. The number of guanidine groups is 1.